The van der Waals surface area contributed by atoms with Crippen LogP contribution in [0.5, 0.6) is 0 Å². The standard InChI is InChI=1S/C15H14FN3/c1-11-8-12(5-6-14(11)16)15(9-17)19-10-13-4-2-3-7-18-13/h2-8,15,19H,10H2,1H3. The number of benzene rings is 1. The number of hydrogen-bond acceptors (Lipinski definition) is 3. The second kappa shape index (κ2) is 6.07. The van der Waals surface area contributed by atoms with Crippen molar-refractivity contribution in [3.05, 3.63) is 65.2 Å². The highest BCUT2D eigenvalue weighted by Gasteiger charge is 2.11. The summed E-state index contributed by atoms with van der Waals surface area (Å²) in [5.74, 6) is -0.259. The minimum absolute atomic E-state index is 0.259. The molecule has 96 valence electrons. The van der Waals surface area contributed by atoms with Gasteiger partial charge in [0, 0.05) is 12.7 Å². The normalized spacial score (nSPS) is 11.8. The first kappa shape index (κ1) is 13.2. The maximum atomic E-state index is 13.2. The lowest BCUT2D eigenvalue weighted by Gasteiger charge is -2.12. The zero-order valence-electron chi connectivity index (χ0n) is 10.6. The maximum absolute atomic E-state index is 13.2. The molecular weight excluding hydrogens is 241 g/mol. The van der Waals surface area contributed by atoms with E-state index in [1.54, 1.807) is 25.3 Å². The number of pyridine rings is 1. The van der Waals surface area contributed by atoms with Crippen molar-refractivity contribution in [3.63, 3.8) is 0 Å². The number of aromatic nitrogens is 1. The van der Waals surface area contributed by atoms with Crippen molar-refractivity contribution in [1.82, 2.24) is 10.3 Å². The molecule has 0 aliphatic carbocycles. The molecule has 19 heavy (non-hydrogen) atoms. The molecule has 0 fully saturated rings. The van der Waals surface area contributed by atoms with Gasteiger partial charge >= 0.3 is 0 Å². The van der Waals surface area contributed by atoms with E-state index in [2.05, 4.69) is 16.4 Å². The second-order valence-corrected chi connectivity index (χ2v) is 4.27. The molecule has 0 saturated carbocycles. The van der Waals surface area contributed by atoms with Gasteiger partial charge in [0.1, 0.15) is 11.9 Å². The fourth-order valence-electron chi connectivity index (χ4n) is 1.79. The van der Waals surface area contributed by atoms with Gasteiger partial charge in [0.25, 0.3) is 0 Å². The average molecular weight is 255 g/mol. The monoisotopic (exact) mass is 255 g/mol. The smallest absolute Gasteiger partial charge is 0.126 e. The van der Waals surface area contributed by atoms with E-state index in [1.807, 2.05) is 18.2 Å². The molecule has 1 aromatic heterocycles. The molecule has 0 radical (unpaired) electrons. The Morgan fingerprint density at radius 1 is 1.37 bits per heavy atom. The van der Waals surface area contributed by atoms with E-state index in [1.165, 1.54) is 6.07 Å². The van der Waals surface area contributed by atoms with Gasteiger partial charge in [-0.15, -0.1) is 0 Å². The lowest BCUT2D eigenvalue weighted by molar-refractivity contribution is 0.604. The van der Waals surface area contributed by atoms with E-state index in [0.29, 0.717) is 12.1 Å². The molecule has 2 rings (SSSR count). The number of nitrogens with zero attached hydrogens (tertiary/aromatic N) is 2. The van der Waals surface area contributed by atoms with Gasteiger partial charge in [-0.25, -0.2) is 4.39 Å². The first-order valence-electron chi connectivity index (χ1n) is 5.99. The molecule has 4 heteroatoms. The molecule has 2 aromatic rings. The summed E-state index contributed by atoms with van der Waals surface area (Å²) < 4.78 is 13.2. The lowest BCUT2D eigenvalue weighted by atomic mass is 10.0. The Hall–Kier alpha value is -2.25. The van der Waals surface area contributed by atoms with Crippen LogP contribution in [0.15, 0.2) is 42.6 Å². The van der Waals surface area contributed by atoms with E-state index in [-0.39, 0.29) is 5.82 Å². The Morgan fingerprint density at radius 3 is 2.84 bits per heavy atom. The summed E-state index contributed by atoms with van der Waals surface area (Å²) in [7, 11) is 0. The summed E-state index contributed by atoms with van der Waals surface area (Å²) in [5, 5.41) is 12.3. The SMILES string of the molecule is Cc1cc(C(C#N)NCc2ccccn2)ccc1F. The van der Waals surface area contributed by atoms with E-state index in [0.717, 1.165) is 11.3 Å². The van der Waals surface area contributed by atoms with Crippen LogP contribution in [0.4, 0.5) is 4.39 Å². The van der Waals surface area contributed by atoms with Crippen molar-refractivity contribution in [2.45, 2.75) is 19.5 Å². The molecule has 0 bridgehead atoms. The zero-order chi connectivity index (χ0) is 13.7. The fourth-order valence-corrected chi connectivity index (χ4v) is 1.79. The summed E-state index contributed by atoms with van der Waals surface area (Å²) in [6.45, 7) is 2.18. The molecule has 1 unspecified atom stereocenters. The molecular formula is C15H14FN3. The molecule has 1 atom stereocenters. The number of hydrogen-bond donors (Lipinski definition) is 1. The van der Waals surface area contributed by atoms with Crippen LogP contribution in [0.1, 0.15) is 22.9 Å². The van der Waals surface area contributed by atoms with Gasteiger partial charge in [-0.05, 0) is 36.2 Å². The van der Waals surface area contributed by atoms with E-state index in [9.17, 15) is 9.65 Å². The number of nitriles is 1. The van der Waals surface area contributed by atoms with Crippen LogP contribution in [0.3, 0.4) is 0 Å². The Bertz CT molecular complexity index is 590. The van der Waals surface area contributed by atoms with Gasteiger partial charge < -0.3 is 0 Å². The quantitative estimate of drug-likeness (QED) is 0.913. The molecule has 3 nitrogen and oxygen atoms in total. The maximum Gasteiger partial charge on any atom is 0.126 e. The summed E-state index contributed by atoms with van der Waals surface area (Å²) in [4.78, 5) is 4.18. The van der Waals surface area contributed by atoms with Gasteiger partial charge in [0.15, 0.2) is 0 Å². The van der Waals surface area contributed by atoms with Crippen molar-refractivity contribution in [2.75, 3.05) is 0 Å². The number of nitrogens with one attached hydrogen (secondary N) is 1. The van der Waals surface area contributed by atoms with Crippen LogP contribution in [-0.4, -0.2) is 4.98 Å². The van der Waals surface area contributed by atoms with E-state index >= 15 is 0 Å². The van der Waals surface area contributed by atoms with Crippen LogP contribution in [-0.2, 0) is 6.54 Å². The molecule has 0 amide bonds. The summed E-state index contributed by atoms with van der Waals surface area (Å²) in [6, 6.07) is 12.0. The van der Waals surface area contributed by atoms with Crippen LogP contribution < -0.4 is 5.32 Å². The molecule has 1 aromatic carbocycles. The Labute approximate surface area is 111 Å². The molecule has 1 heterocycles. The molecule has 0 saturated heterocycles. The zero-order valence-corrected chi connectivity index (χ0v) is 10.6. The average Bonchev–Trinajstić information content (AvgIpc) is 2.44. The highest BCUT2D eigenvalue weighted by molar-refractivity contribution is 5.29. The third-order valence-corrected chi connectivity index (χ3v) is 2.86. The van der Waals surface area contributed by atoms with E-state index in [4.69, 9.17) is 0 Å². The second-order valence-electron chi connectivity index (χ2n) is 4.27. The molecule has 1 N–H and O–H groups in total. The largest absolute Gasteiger partial charge is 0.293 e. The summed E-state index contributed by atoms with van der Waals surface area (Å²) >= 11 is 0. The topological polar surface area (TPSA) is 48.7 Å². The van der Waals surface area contributed by atoms with Crippen molar-refractivity contribution >= 4 is 0 Å². The predicted molar refractivity (Wildman–Crippen MR) is 70.6 cm³/mol. The molecule has 0 aliphatic rings. The minimum atomic E-state index is -0.471. The van der Waals surface area contributed by atoms with Gasteiger partial charge in [0.05, 0.1) is 11.8 Å². The Balaban J connectivity index is 2.08. The third-order valence-electron chi connectivity index (χ3n) is 2.86. The van der Waals surface area contributed by atoms with E-state index < -0.39 is 6.04 Å². The minimum Gasteiger partial charge on any atom is -0.293 e. The van der Waals surface area contributed by atoms with Crippen LogP contribution in [0, 0.1) is 24.1 Å². The number of halogens is 1. The highest BCUT2D eigenvalue weighted by Crippen LogP contribution is 2.16. The third kappa shape index (κ3) is 3.36. The van der Waals surface area contributed by atoms with Gasteiger partial charge in [0.2, 0.25) is 0 Å². The van der Waals surface area contributed by atoms with Crippen LogP contribution in [0.25, 0.3) is 0 Å². The Kier molecular flexibility index (Phi) is 4.22. The highest BCUT2D eigenvalue weighted by atomic mass is 19.1. The van der Waals surface area contributed by atoms with Gasteiger partial charge in [-0.3, -0.25) is 10.3 Å². The van der Waals surface area contributed by atoms with Crippen molar-refractivity contribution in [1.29, 1.82) is 5.26 Å². The predicted octanol–water partition coefficient (Wildman–Crippen LogP) is 2.88. The fraction of sp³-hybridized carbons (Fsp3) is 0.200. The molecule has 0 aliphatic heterocycles. The van der Waals surface area contributed by atoms with Gasteiger partial charge in [-0.2, -0.15) is 5.26 Å². The van der Waals surface area contributed by atoms with Crippen molar-refractivity contribution in [2.24, 2.45) is 0 Å². The lowest BCUT2D eigenvalue weighted by Crippen LogP contribution is -2.20. The summed E-state index contributed by atoms with van der Waals surface area (Å²) in [6.07, 6.45) is 1.71. The first-order chi connectivity index (χ1) is 9.20. The van der Waals surface area contributed by atoms with Crippen LogP contribution >= 0.6 is 0 Å². The Morgan fingerprint density at radius 2 is 2.21 bits per heavy atom. The summed E-state index contributed by atoms with van der Waals surface area (Å²) in [5.41, 5.74) is 2.16. The van der Waals surface area contributed by atoms with Crippen molar-refractivity contribution < 1.29 is 4.39 Å². The van der Waals surface area contributed by atoms with Gasteiger partial charge in [-0.1, -0.05) is 18.2 Å². The molecule has 0 spiro atoms. The number of aryl methyl sites for hydroxylation is 1. The van der Waals surface area contributed by atoms with Crippen molar-refractivity contribution in [3.8, 4) is 6.07 Å². The van der Waals surface area contributed by atoms with Crippen LogP contribution in [0.2, 0.25) is 0 Å². The number of rotatable bonds is 4. The first-order valence-corrected chi connectivity index (χ1v) is 5.99.